The molecular weight excluding hydrogens is 232 g/mol. The summed E-state index contributed by atoms with van der Waals surface area (Å²) < 4.78 is 0. The lowest BCUT2D eigenvalue weighted by atomic mass is 9.84. The van der Waals surface area contributed by atoms with Crippen LogP contribution < -0.4 is 5.73 Å². The Kier molecular flexibility index (Phi) is 6.53. The molecule has 0 unspecified atom stereocenters. The number of hydrogen-bond donors (Lipinski definition) is 1. The van der Waals surface area contributed by atoms with Gasteiger partial charge < -0.3 is 10.6 Å². The number of aryl methyl sites for hydroxylation is 1. The van der Waals surface area contributed by atoms with Crippen LogP contribution in [0.15, 0.2) is 24.3 Å². The second-order valence-electron chi connectivity index (χ2n) is 6.53. The van der Waals surface area contributed by atoms with Crippen molar-refractivity contribution in [2.45, 2.75) is 46.6 Å². The largest absolute Gasteiger partial charge is 0.330 e. The summed E-state index contributed by atoms with van der Waals surface area (Å²) in [5, 5.41) is 0. The molecule has 1 aromatic carbocycles. The van der Waals surface area contributed by atoms with E-state index in [4.69, 9.17) is 5.73 Å². The summed E-state index contributed by atoms with van der Waals surface area (Å²) in [5.74, 6) is 0. The monoisotopic (exact) mass is 262 g/mol. The van der Waals surface area contributed by atoms with Crippen molar-refractivity contribution in [2.75, 3.05) is 20.1 Å². The quantitative estimate of drug-likeness (QED) is 0.776. The summed E-state index contributed by atoms with van der Waals surface area (Å²) in [6.07, 6.45) is 3.62. The number of nitrogens with two attached hydrogens (primary N) is 1. The van der Waals surface area contributed by atoms with Crippen molar-refractivity contribution in [3.05, 3.63) is 35.4 Å². The van der Waals surface area contributed by atoms with Crippen molar-refractivity contribution in [1.82, 2.24) is 4.90 Å². The molecule has 0 aliphatic rings. The van der Waals surface area contributed by atoms with Gasteiger partial charge in [-0.05, 0) is 57.3 Å². The van der Waals surface area contributed by atoms with Gasteiger partial charge in [-0.2, -0.15) is 0 Å². The first-order valence-electron chi connectivity index (χ1n) is 7.37. The fraction of sp³-hybridized carbons (Fsp3) is 0.647. The van der Waals surface area contributed by atoms with Crippen LogP contribution in [0.4, 0.5) is 0 Å². The molecule has 0 radical (unpaired) electrons. The lowest BCUT2D eigenvalue weighted by molar-refractivity contribution is 0.259. The molecule has 0 aliphatic heterocycles. The minimum Gasteiger partial charge on any atom is -0.330 e. The fourth-order valence-corrected chi connectivity index (χ4v) is 2.54. The van der Waals surface area contributed by atoms with Crippen molar-refractivity contribution in [3.63, 3.8) is 0 Å². The molecule has 0 bridgehead atoms. The van der Waals surface area contributed by atoms with E-state index >= 15 is 0 Å². The summed E-state index contributed by atoms with van der Waals surface area (Å²) in [4.78, 5) is 2.41. The summed E-state index contributed by atoms with van der Waals surface area (Å²) in [6.45, 7) is 9.78. The Balaban J connectivity index is 2.30. The molecular formula is C17H30N2. The minimum absolute atomic E-state index is 0.388. The van der Waals surface area contributed by atoms with Gasteiger partial charge in [-0.25, -0.2) is 0 Å². The van der Waals surface area contributed by atoms with Gasteiger partial charge in [-0.15, -0.1) is 0 Å². The Hall–Kier alpha value is -0.860. The van der Waals surface area contributed by atoms with Gasteiger partial charge in [0.15, 0.2) is 0 Å². The molecule has 1 rings (SSSR count). The standard InChI is InChI=1S/C17H30N2/c1-15-7-5-8-16(13-15)14-19(4)12-6-9-17(2,3)10-11-18/h5,7-8,13H,6,9-12,14,18H2,1-4H3. The lowest BCUT2D eigenvalue weighted by Gasteiger charge is -2.25. The molecule has 0 fully saturated rings. The molecule has 108 valence electrons. The Bertz CT molecular complexity index is 371. The van der Waals surface area contributed by atoms with Gasteiger partial charge in [0.05, 0.1) is 0 Å². The molecule has 0 saturated carbocycles. The molecule has 1 aromatic rings. The van der Waals surface area contributed by atoms with E-state index in [1.807, 2.05) is 0 Å². The van der Waals surface area contributed by atoms with Crippen LogP contribution >= 0.6 is 0 Å². The van der Waals surface area contributed by atoms with Gasteiger partial charge in [0.1, 0.15) is 0 Å². The van der Waals surface area contributed by atoms with E-state index in [0.717, 1.165) is 26.1 Å². The van der Waals surface area contributed by atoms with Crippen LogP contribution in [-0.2, 0) is 6.54 Å². The molecule has 0 aromatic heterocycles. The molecule has 0 aliphatic carbocycles. The number of rotatable bonds is 8. The van der Waals surface area contributed by atoms with E-state index in [1.165, 1.54) is 24.0 Å². The molecule has 2 N–H and O–H groups in total. The maximum atomic E-state index is 5.65. The van der Waals surface area contributed by atoms with Crippen molar-refractivity contribution in [1.29, 1.82) is 0 Å². The van der Waals surface area contributed by atoms with Crippen LogP contribution in [0.25, 0.3) is 0 Å². The van der Waals surface area contributed by atoms with Crippen molar-refractivity contribution in [3.8, 4) is 0 Å². The molecule has 0 atom stereocenters. The normalized spacial score (nSPS) is 12.1. The Morgan fingerprint density at radius 2 is 1.95 bits per heavy atom. The predicted molar refractivity (Wildman–Crippen MR) is 84.2 cm³/mol. The molecule has 2 nitrogen and oxygen atoms in total. The smallest absolute Gasteiger partial charge is 0.0230 e. The average Bonchev–Trinajstić information content (AvgIpc) is 2.28. The third-order valence-corrected chi connectivity index (χ3v) is 3.75. The summed E-state index contributed by atoms with van der Waals surface area (Å²) >= 11 is 0. The van der Waals surface area contributed by atoms with Crippen LogP contribution in [0.2, 0.25) is 0 Å². The van der Waals surface area contributed by atoms with Gasteiger partial charge in [-0.1, -0.05) is 43.7 Å². The number of hydrogen-bond acceptors (Lipinski definition) is 2. The molecule has 0 amide bonds. The van der Waals surface area contributed by atoms with E-state index in [9.17, 15) is 0 Å². The summed E-state index contributed by atoms with van der Waals surface area (Å²) in [6, 6.07) is 8.78. The lowest BCUT2D eigenvalue weighted by Crippen LogP contribution is -2.22. The van der Waals surface area contributed by atoms with E-state index < -0.39 is 0 Å². The average molecular weight is 262 g/mol. The van der Waals surface area contributed by atoms with Crippen LogP contribution in [0, 0.1) is 12.3 Å². The molecule has 0 saturated heterocycles. The highest BCUT2D eigenvalue weighted by atomic mass is 15.1. The molecule has 0 spiro atoms. The maximum absolute atomic E-state index is 5.65. The first-order chi connectivity index (χ1) is 8.93. The fourth-order valence-electron chi connectivity index (χ4n) is 2.54. The Morgan fingerprint density at radius 3 is 2.58 bits per heavy atom. The van der Waals surface area contributed by atoms with E-state index in [-0.39, 0.29) is 0 Å². The van der Waals surface area contributed by atoms with E-state index in [1.54, 1.807) is 0 Å². The van der Waals surface area contributed by atoms with Crippen LogP contribution in [0.3, 0.4) is 0 Å². The van der Waals surface area contributed by atoms with Gasteiger partial charge in [0, 0.05) is 6.54 Å². The topological polar surface area (TPSA) is 29.3 Å². The molecule has 0 heterocycles. The highest BCUT2D eigenvalue weighted by Crippen LogP contribution is 2.25. The number of benzene rings is 1. The van der Waals surface area contributed by atoms with Crippen LogP contribution in [-0.4, -0.2) is 25.0 Å². The van der Waals surface area contributed by atoms with Gasteiger partial charge in [0.25, 0.3) is 0 Å². The first-order valence-corrected chi connectivity index (χ1v) is 7.37. The van der Waals surface area contributed by atoms with E-state index in [0.29, 0.717) is 5.41 Å². The highest BCUT2D eigenvalue weighted by molar-refractivity contribution is 5.21. The SMILES string of the molecule is Cc1cccc(CN(C)CCCC(C)(C)CCN)c1. The second kappa shape index (κ2) is 7.66. The van der Waals surface area contributed by atoms with Gasteiger partial charge >= 0.3 is 0 Å². The molecule has 2 heteroatoms. The Labute approximate surface area is 119 Å². The third-order valence-electron chi connectivity index (χ3n) is 3.75. The van der Waals surface area contributed by atoms with Gasteiger partial charge in [-0.3, -0.25) is 0 Å². The maximum Gasteiger partial charge on any atom is 0.0230 e. The zero-order valence-electron chi connectivity index (χ0n) is 13.1. The van der Waals surface area contributed by atoms with Crippen molar-refractivity contribution < 1.29 is 0 Å². The highest BCUT2D eigenvalue weighted by Gasteiger charge is 2.16. The van der Waals surface area contributed by atoms with Crippen LogP contribution in [0.1, 0.15) is 44.2 Å². The zero-order valence-corrected chi connectivity index (χ0v) is 13.1. The predicted octanol–water partition coefficient (Wildman–Crippen LogP) is 3.58. The summed E-state index contributed by atoms with van der Waals surface area (Å²) in [5.41, 5.74) is 8.79. The Morgan fingerprint density at radius 1 is 1.21 bits per heavy atom. The van der Waals surface area contributed by atoms with E-state index in [2.05, 4.69) is 57.0 Å². The minimum atomic E-state index is 0.388. The zero-order chi connectivity index (χ0) is 14.3. The van der Waals surface area contributed by atoms with Crippen molar-refractivity contribution in [2.24, 2.45) is 11.1 Å². The van der Waals surface area contributed by atoms with Crippen LogP contribution in [0.5, 0.6) is 0 Å². The number of nitrogens with zero attached hydrogens (tertiary/aromatic N) is 1. The second-order valence-corrected chi connectivity index (χ2v) is 6.53. The molecule has 19 heavy (non-hydrogen) atoms. The third kappa shape index (κ3) is 6.74. The van der Waals surface area contributed by atoms with Crippen molar-refractivity contribution >= 4 is 0 Å². The summed E-state index contributed by atoms with van der Waals surface area (Å²) in [7, 11) is 2.21. The van der Waals surface area contributed by atoms with Gasteiger partial charge in [0.2, 0.25) is 0 Å². The first kappa shape index (κ1) is 16.2.